The first-order chi connectivity index (χ1) is 12.5. The highest BCUT2D eigenvalue weighted by Crippen LogP contribution is 2.48. The Morgan fingerprint density at radius 1 is 1.12 bits per heavy atom. The number of carbonyl (C=O) groups is 1. The van der Waals surface area contributed by atoms with Gasteiger partial charge in [0.2, 0.25) is 0 Å². The molecule has 0 bridgehead atoms. The standard InChI is InChI=1S/C21H26O5/c1-19(25-18(22)16-9-5-3-6-10-16)13-14-23-17-15-24-21(26-20(17,19)2)11-7-4-8-12-21/h3,5-6,9-10,13-14,17H,4,7-8,11-12,15H2,1-2H3/t17?,19-,20-/m1/s1. The summed E-state index contributed by atoms with van der Waals surface area (Å²) in [5.41, 5.74) is -1.24. The van der Waals surface area contributed by atoms with Crippen molar-refractivity contribution in [3.8, 4) is 0 Å². The van der Waals surface area contributed by atoms with Crippen molar-refractivity contribution in [1.82, 2.24) is 0 Å². The molecule has 2 aliphatic heterocycles. The van der Waals surface area contributed by atoms with E-state index in [-0.39, 0.29) is 12.1 Å². The minimum atomic E-state index is -0.947. The number of carbonyl (C=O) groups excluding carboxylic acids is 1. The predicted molar refractivity (Wildman–Crippen MR) is 95.5 cm³/mol. The summed E-state index contributed by atoms with van der Waals surface area (Å²) in [4.78, 5) is 12.7. The maximum absolute atomic E-state index is 12.7. The molecule has 1 aromatic rings. The SMILES string of the molecule is C[C@@]1(OC(=O)c2ccccc2)C=COC2COC3(CCCCC3)O[C@]21C. The lowest BCUT2D eigenvalue weighted by Gasteiger charge is -2.57. The zero-order valence-electron chi connectivity index (χ0n) is 15.4. The van der Waals surface area contributed by atoms with Crippen LogP contribution in [-0.2, 0) is 18.9 Å². The fraction of sp³-hybridized carbons (Fsp3) is 0.571. The normalized spacial score (nSPS) is 35.4. The van der Waals surface area contributed by atoms with Crippen molar-refractivity contribution in [1.29, 1.82) is 0 Å². The van der Waals surface area contributed by atoms with Gasteiger partial charge in [-0.1, -0.05) is 24.6 Å². The van der Waals surface area contributed by atoms with E-state index in [0.717, 1.165) is 25.7 Å². The maximum Gasteiger partial charge on any atom is 0.339 e. The van der Waals surface area contributed by atoms with Crippen LogP contribution in [0.4, 0.5) is 0 Å². The molecular formula is C21H26O5. The minimum Gasteiger partial charge on any atom is -0.493 e. The molecule has 0 aromatic heterocycles. The molecule has 3 aliphatic rings. The Kier molecular flexibility index (Phi) is 4.32. The zero-order chi connectivity index (χ0) is 18.3. The average molecular weight is 358 g/mol. The molecule has 0 N–H and O–H groups in total. The lowest BCUT2D eigenvalue weighted by molar-refractivity contribution is -0.388. The van der Waals surface area contributed by atoms with Gasteiger partial charge in [0.1, 0.15) is 0 Å². The van der Waals surface area contributed by atoms with Gasteiger partial charge in [0.15, 0.2) is 23.1 Å². The Labute approximate surface area is 154 Å². The van der Waals surface area contributed by atoms with E-state index in [9.17, 15) is 4.79 Å². The van der Waals surface area contributed by atoms with Gasteiger partial charge in [-0.15, -0.1) is 0 Å². The molecule has 26 heavy (non-hydrogen) atoms. The van der Waals surface area contributed by atoms with Crippen LogP contribution in [0.25, 0.3) is 0 Å². The van der Waals surface area contributed by atoms with E-state index < -0.39 is 17.0 Å². The first kappa shape index (κ1) is 17.6. The highest BCUT2D eigenvalue weighted by molar-refractivity contribution is 5.89. The van der Waals surface area contributed by atoms with Gasteiger partial charge >= 0.3 is 5.97 Å². The summed E-state index contributed by atoms with van der Waals surface area (Å²) < 4.78 is 24.5. The van der Waals surface area contributed by atoms with Crippen LogP contribution in [0, 0.1) is 0 Å². The van der Waals surface area contributed by atoms with Gasteiger partial charge in [-0.25, -0.2) is 4.79 Å². The van der Waals surface area contributed by atoms with Crippen molar-refractivity contribution in [2.45, 2.75) is 69.0 Å². The summed E-state index contributed by atoms with van der Waals surface area (Å²) in [6.07, 6.45) is 8.14. The summed E-state index contributed by atoms with van der Waals surface area (Å²) in [5, 5.41) is 0. The van der Waals surface area contributed by atoms with Crippen molar-refractivity contribution in [3.63, 3.8) is 0 Å². The van der Waals surface area contributed by atoms with E-state index in [2.05, 4.69) is 0 Å². The number of hydrogen-bond donors (Lipinski definition) is 0. The molecule has 1 spiro atoms. The van der Waals surface area contributed by atoms with E-state index in [1.54, 1.807) is 24.5 Å². The second-order valence-corrected chi connectivity index (χ2v) is 7.78. The Morgan fingerprint density at radius 3 is 2.58 bits per heavy atom. The molecule has 140 valence electrons. The van der Waals surface area contributed by atoms with Crippen molar-refractivity contribution >= 4 is 5.97 Å². The summed E-state index contributed by atoms with van der Waals surface area (Å²) in [6, 6.07) is 9.03. The summed E-state index contributed by atoms with van der Waals surface area (Å²) >= 11 is 0. The molecule has 5 heteroatoms. The van der Waals surface area contributed by atoms with Gasteiger partial charge in [-0.3, -0.25) is 0 Å². The van der Waals surface area contributed by atoms with Gasteiger partial charge < -0.3 is 18.9 Å². The maximum atomic E-state index is 12.7. The van der Waals surface area contributed by atoms with E-state index in [4.69, 9.17) is 18.9 Å². The van der Waals surface area contributed by atoms with Crippen LogP contribution in [0.15, 0.2) is 42.7 Å². The first-order valence-corrected chi connectivity index (χ1v) is 9.42. The number of benzene rings is 1. The van der Waals surface area contributed by atoms with Crippen molar-refractivity contribution in [3.05, 3.63) is 48.2 Å². The molecule has 3 atom stereocenters. The highest BCUT2D eigenvalue weighted by Gasteiger charge is 2.62. The van der Waals surface area contributed by atoms with Gasteiger partial charge in [0, 0.05) is 12.8 Å². The van der Waals surface area contributed by atoms with Gasteiger partial charge in [0.05, 0.1) is 18.4 Å². The number of fused-ring (bicyclic) bond motifs is 1. The Balaban J connectivity index is 1.62. The van der Waals surface area contributed by atoms with Crippen LogP contribution in [0.1, 0.15) is 56.3 Å². The third kappa shape index (κ3) is 2.83. The number of ether oxygens (including phenoxy) is 4. The molecule has 1 saturated carbocycles. The fourth-order valence-electron chi connectivity index (χ4n) is 4.19. The second-order valence-electron chi connectivity index (χ2n) is 7.78. The van der Waals surface area contributed by atoms with Crippen molar-refractivity contribution < 1.29 is 23.7 Å². The lowest BCUT2D eigenvalue weighted by Crippen LogP contribution is -2.70. The first-order valence-electron chi connectivity index (χ1n) is 9.42. The molecular weight excluding hydrogens is 332 g/mol. The summed E-state index contributed by atoms with van der Waals surface area (Å²) in [7, 11) is 0. The Morgan fingerprint density at radius 2 is 1.85 bits per heavy atom. The largest absolute Gasteiger partial charge is 0.493 e. The van der Waals surface area contributed by atoms with Crippen LogP contribution in [0.5, 0.6) is 0 Å². The molecule has 1 aliphatic carbocycles. The Bertz CT molecular complexity index is 694. The molecule has 2 heterocycles. The number of hydrogen-bond acceptors (Lipinski definition) is 5. The van der Waals surface area contributed by atoms with Crippen molar-refractivity contribution in [2.75, 3.05) is 6.61 Å². The third-order valence-electron chi connectivity index (χ3n) is 6.05. The summed E-state index contributed by atoms with van der Waals surface area (Å²) in [6.45, 7) is 4.29. The van der Waals surface area contributed by atoms with Gasteiger partial charge in [-0.2, -0.15) is 0 Å². The zero-order valence-corrected chi connectivity index (χ0v) is 15.4. The van der Waals surface area contributed by atoms with Gasteiger partial charge in [-0.05, 0) is 44.9 Å². The molecule has 0 amide bonds. The quantitative estimate of drug-likeness (QED) is 0.749. The molecule has 2 fully saturated rings. The van der Waals surface area contributed by atoms with E-state index in [1.165, 1.54) is 6.42 Å². The van der Waals surface area contributed by atoms with Crippen LogP contribution >= 0.6 is 0 Å². The predicted octanol–water partition coefficient (Wildman–Crippen LogP) is 3.98. The third-order valence-corrected chi connectivity index (χ3v) is 6.05. The minimum absolute atomic E-state index is 0.325. The molecule has 1 aromatic carbocycles. The van der Waals surface area contributed by atoms with E-state index in [0.29, 0.717) is 12.2 Å². The van der Waals surface area contributed by atoms with E-state index in [1.807, 2.05) is 32.0 Å². The van der Waals surface area contributed by atoms with Gasteiger partial charge in [0.25, 0.3) is 0 Å². The topological polar surface area (TPSA) is 54.0 Å². The molecule has 4 rings (SSSR count). The van der Waals surface area contributed by atoms with Crippen LogP contribution < -0.4 is 0 Å². The number of rotatable bonds is 2. The highest BCUT2D eigenvalue weighted by atomic mass is 16.7. The number of esters is 1. The monoisotopic (exact) mass is 358 g/mol. The molecule has 1 saturated heterocycles. The molecule has 1 unspecified atom stereocenters. The second kappa shape index (κ2) is 6.39. The Hall–Kier alpha value is -1.85. The fourth-order valence-corrected chi connectivity index (χ4v) is 4.19. The van der Waals surface area contributed by atoms with E-state index >= 15 is 0 Å². The molecule has 5 nitrogen and oxygen atoms in total. The molecule has 0 radical (unpaired) electrons. The van der Waals surface area contributed by atoms with Crippen LogP contribution in [0.3, 0.4) is 0 Å². The average Bonchev–Trinajstić information content (AvgIpc) is 2.64. The van der Waals surface area contributed by atoms with Crippen LogP contribution in [-0.4, -0.2) is 35.7 Å². The summed E-state index contributed by atoms with van der Waals surface area (Å²) in [5.74, 6) is -0.967. The van der Waals surface area contributed by atoms with Crippen molar-refractivity contribution in [2.24, 2.45) is 0 Å². The van der Waals surface area contributed by atoms with Crippen LogP contribution in [0.2, 0.25) is 0 Å². The smallest absolute Gasteiger partial charge is 0.339 e. The lowest BCUT2D eigenvalue weighted by atomic mass is 9.77.